The molecule has 46 valence electrons. The van der Waals surface area contributed by atoms with Crippen LogP contribution in [0.4, 0.5) is 4.39 Å². The van der Waals surface area contributed by atoms with Crippen molar-refractivity contribution in [1.29, 1.82) is 0 Å². The third-order valence-electron chi connectivity index (χ3n) is 0.772. The first kappa shape index (κ1) is 7.07. The van der Waals surface area contributed by atoms with E-state index in [1.54, 1.807) is 0 Å². The van der Waals surface area contributed by atoms with Gasteiger partial charge in [-0.05, 0) is 6.92 Å². The van der Waals surface area contributed by atoms with Gasteiger partial charge in [-0.3, -0.25) is 10.1 Å². The molecule has 0 aliphatic rings. The van der Waals surface area contributed by atoms with Gasteiger partial charge in [0.05, 0.1) is 4.92 Å². The molecule has 0 aromatic heterocycles. The van der Waals surface area contributed by atoms with E-state index in [1.807, 2.05) is 0 Å². The fourth-order valence-electron chi connectivity index (χ4n) is 0.126. The highest BCUT2D eigenvalue weighted by Gasteiger charge is 2.05. The molecule has 0 spiro atoms. The van der Waals surface area contributed by atoms with E-state index in [9.17, 15) is 14.5 Å². The second-order valence-electron chi connectivity index (χ2n) is 1.38. The minimum Gasteiger partial charge on any atom is -0.259 e. The van der Waals surface area contributed by atoms with Crippen LogP contribution in [0.5, 0.6) is 0 Å². The minimum atomic E-state index is -0.755. The van der Waals surface area contributed by atoms with Crippen molar-refractivity contribution in [2.75, 3.05) is 0 Å². The van der Waals surface area contributed by atoms with Gasteiger partial charge in [-0.2, -0.15) is 0 Å². The first-order chi connectivity index (χ1) is 3.55. The third kappa shape index (κ3) is 1.68. The van der Waals surface area contributed by atoms with Crippen LogP contribution in [0.3, 0.4) is 0 Å². The van der Waals surface area contributed by atoms with Crippen LogP contribution in [-0.2, 0) is 0 Å². The van der Waals surface area contributed by atoms with Crippen molar-refractivity contribution in [3.63, 3.8) is 0 Å². The van der Waals surface area contributed by atoms with Crippen molar-refractivity contribution in [2.45, 2.75) is 13.8 Å². The van der Waals surface area contributed by atoms with Crippen molar-refractivity contribution in [2.24, 2.45) is 0 Å². The molecule has 3 nitrogen and oxygen atoms in total. The highest BCUT2D eigenvalue weighted by molar-refractivity contribution is 4.91. The molecule has 0 aliphatic heterocycles. The monoisotopic (exact) mass is 119 g/mol. The van der Waals surface area contributed by atoms with Crippen LogP contribution in [0.25, 0.3) is 0 Å². The first-order valence-corrected chi connectivity index (χ1v) is 2.03. The van der Waals surface area contributed by atoms with Crippen LogP contribution in [0.2, 0.25) is 0 Å². The highest BCUT2D eigenvalue weighted by Crippen LogP contribution is 2.02. The molecule has 0 radical (unpaired) electrons. The van der Waals surface area contributed by atoms with Gasteiger partial charge < -0.3 is 0 Å². The Morgan fingerprint density at radius 2 is 2.00 bits per heavy atom. The molecule has 0 unspecified atom stereocenters. The Morgan fingerprint density at radius 3 is 2.00 bits per heavy atom. The number of rotatable bonds is 1. The summed E-state index contributed by atoms with van der Waals surface area (Å²) in [4.78, 5) is 8.89. The van der Waals surface area contributed by atoms with E-state index in [0.717, 1.165) is 13.8 Å². The topological polar surface area (TPSA) is 43.1 Å². The van der Waals surface area contributed by atoms with Gasteiger partial charge in [0.25, 0.3) is 5.70 Å². The lowest BCUT2D eigenvalue weighted by molar-refractivity contribution is -0.426. The molecular weight excluding hydrogens is 113 g/mol. The maximum Gasteiger partial charge on any atom is 0.273 e. The van der Waals surface area contributed by atoms with E-state index < -0.39 is 16.4 Å². The summed E-state index contributed by atoms with van der Waals surface area (Å²) in [7, 11) is 0. The van der Waals surface area contributed by atoms with Gasteiger partial charge in [-0.15, -0.1) is 0 Å². The van der Waals surface area contributed by atoms with Crippen LogP contribution in [0, 0.1) is 10.1 Å². The number of allylic oxidation sites excluding steroid dienone is 2. The lowest BCUT2D eigenvalue weighted by Gasteiger charge is -1.85. The Morgan fingerprint density at radius 1 is 1.62 bits per heavy atom. The number of nitro groups is 1. The van der Waals surface area contributed by atoms with Gasteiger partial charge >= 0.3 is 0 Å². The maximum absolute atomic E-state index is 11.8. The van der Waals surface area contributed by atoms with Gasteiger partial charge in [-0.25, -0.2) is 4.39 Å². The summed E-state index contributed by atoms with van der Waals surface area (Å²) >= 11 is 0. The first-order valence-electron chi connectivity index (χ1n) is 2.03. The zero-order valence-corrected chi connectivity index (χ0v) is 4.64. The predicted molar refractivity (Wildman–Crippen MR) is 26.5 cm³/mol. The van der Waals surface area contributed by atoms with E-state index in [2.05, 4.69) is 0 Å². The number of halogens is 1. The summed E-state index contributed by atoms with van der Waals surface area (Å²) in [6, 6.07) is 0. The lowest BCUT2D eigenvalue weighted by atomic mass is 10.4. The molecule has 0 saturated heterocycles. The van der Waals surface area contributed by atoms with Crippen LogP contribution in [-0.4, -0.2) is 4.92 Å². The number of hydrogen-bond donors (Lipinski definition) is 0. The normalized spacial score (nSPS) is 12.9. The summed E-state index contributed by atoms with van der Waals surface area (Å²) in [6.45, 7) is 2.17. The molecule has 0 saturated carbocycles. The maximum atomic E-state index is 11.8. The van der Waals surface area contributed by atoms with Gasteiger partial charge in [0.1, 0.15) is 0 Å². The van der Waals surface area contributed by atoms with Crippen LogP contribution >= 0.6 is 0 Å². The molecule has 0 atom stereocenters. The van der Waals surface area contributed by atoms with Crippen molar-refractivity contribution < 1.29 is 9.31 Å². The van der Waals surface area contributed by atoms with E-state index in [0.29, 0.717) is 0 Å². The fourth-order valence-corrected chi connectivity index (χ4v) is 0.126. The Labute approximate surface area is 46.0 Å². The quantitative estimate of drug-likeness (QED) is 0.387. The van der Waals surface area contributed by atoms with E-state index in [4.69, 9.17) is 0 Å². The number of nitrogens with zero attached hydrogens (tertiary/aromatic N) is 1. The number of hydrogen-bond acceptors (Lipinski definition) is 2. The van der Waals surface area contributed by atoms with Gasteiger partial charge in [-0.1, -0.05) is 0 Å². The second kappa shape index (κ2) is 2.40. The van der Waals surface area contributed by atoms with E-state index in [1.165, 1.54) is 0 Å². The Kier molecular flexibility index (Phi) is 2.12. The molecule has 0 amide bonds. The van der Waals surface area contributed by atoms with Crippen LogP contribution in [0.1, 0.15) is 13.8 Å². The Balaban J connectivity index is 4.23. The largest absolute Gasteiger partial charge is 0.273 e. The molecule has 0 aromatic carbocycles. The van der Waals surface area contributed by atoms with Gasteiger partial charge in [0.2, 0.25) is 0 Å². The summed E-state index contributed by atoms with van der Waals surface area (Å²) < 4.78 is 11.8. The summed E-state index contributed by atoms with van der Waals surface area (Å²) in [5.41, 5.74) is -0.426. The standard InChI is InChI=1S/C4H6FNO2/c1-3(5)4(2)6(7)8/h1-2H3/b4-3-. The van der Waals surface area contributed by atoms with E-state index in [-0.39, 0.29) is 0 Å². The molecule has 0 N–H and O–H groups in total. The van der Waals surface area contributed by atoms with Crippen LogP contribution in [0.15, 0.2) is 11.5 Å². The molecule has 0 fully saturated rings. The molecule has 0 aliphatic carbocycles. The molecule has 0 bridgehead atoms. The highest BCUT2D eigenvalue weighted by atomic mass is 19.1. The van der Waals surface area contributed by atoms with Gasteiger partial charge in [0.15, 0.2) is 5.83 Å². The summed E-state index contributed by atoms with van der Waals surface area (Å²) in [5, 5.41) is 9.65. The van der Waals surface area contributed by atoms with Crippen molar-refractivity contribution in [1.82, 2.24) is 0 Å². The molecule has 0 heterocycles. The summed E-state index contributed by atoms with van der Waals surface area (Å²) in [6.07, 6.45) is 0. The predicted octanol–water partition coefficient (Wildman–Crippen LogP) is 1.48. The van der Waals surface area contributed by atoms with Crippen LogP contribution < -0.4 is 0 Å². The lowest BCUT2D eigenvalue weighted by Crippen LogP contribution is -1.94. The Hall–Kier alpha value is -0.930. The molecule has 4 heteroatoms. The fraction of sp³-hybridized carbons (Fsp3) is 0.500. The van der Waals surface area contributed by atoms with Gasteiger partial charge in [0, 0.05) is 6.92 Å². The minimum absolute atomic E-state index is 0.426. The zero-order chi connectivity index (χ0) is 6.73. The second-order valence-corrected chi connectivity index (χ2v) is 1.38. The van der Waals surface area contributed by atoms with E-state index >= 15 is 0 Å². The third-order valence-corrected chi connectivity index (χ3v) is 0.772. The van der Waals surface area contributed by atoms with Crippen molar-refractivity contribution in [3.8, 4) is 0 Å². The molecular formula is C4H6FNO2. The van der Waals surface area contributed by atoms with Crippen molar-refractivity contribution in [3.05, 3.63) is 21.6 Å². The zero-order valence-electron chi connectivity index (χ0n) is 4.64. The molecule has 0 rings (SSSR count). The Bertz CT molecular complexity index is 137. The smallest absolute Gasteiger partial charge is 0.259 e. The molecule has 0 aromatic rings. The average Bonchev–Trinajstić information content (AvgIpc) is 1.64. The van der Waals surface area contributed by atoms with Crippen molar-refractivity contribution >= 4 is 0 Å². The average molecular weight is 119 g/mol. The molecule has 8 heavy (non-hydrogen) atoms. The summed E-state index contributed by atoms with van der Waals surface area (Å²) in [5.74, 6) is -0.741. The SMILES string of the molecule is C/C(F)=C(\C)[N+](=O)[O-].